The molecule has 1 amide bonds. The van der Waals surface area contributed by atoms with Crippen LogP contribution in [-0.2, 0) is 21.2 Å². The molecule has 3 aromatic rings. The van der Waals surface area contributed by atoms with Gasteiger partial charge < -0.3 is 14.9 Å². The monoisotopic (exact) mass is 451 g/mol. The Morgan fingerprint density at radius 1 is 1.09 bits per heavy atom. The number of benzene rings is 2. The van der Waals surface area contributed by atoms with E-state index in [1.54, 1.807) is 12.1 Å². The van der Waals surface area contributed by atoms with Crippen LogP contribution in [0.4, 0.5) is 0 Å². The molecule has 0 bridgehead atoms. The van der Waals surface area contributed by atoms with Crippen molar-refractivity contribution < 1.29 is 22.8 Å². The van der Waals surface area contributed by atoms with E-state index in [2.05, 4.69) is 15.5 Å². The molecular weight excluding hydrogens is 430 g/mol. The van der Waals surface area contributed by atoms with E-state index in [1.165, 1.54) is 18.3 Å². The molecule has 9 heteroatoms. The number of nitrogens with one attached hydrogen (secondary N) is 1. The zero-order valence-electron chi connectivity index (χ0n) is 17.3. The standard InChI is InChI=1S/C23H21N3O5S/c1-32(28,29)22-12-11-19(15-24-22)30-21-13-20(31-26-21)17-7-9-18(10-8-17)23(27)25-14-16-5-3-2-4-6-16/h2-12,15,20H,13-14H2,1H3,(H,25,27)/t20-/m1/s1. The number of hydrogen-bond donors (Lipinski definition) is 1. The quantitative estimate of drug-likeness (QED) is 0.616. The van der Waals surface area contributed by atoms with Crippen molar-refractivity contribution in [3.05, 3.63) is 89.6 Å². The molecule has 2 aromatic carbocycles. The van der Waals surface area contributed by atoms with Gasteiger partial charge in [0.2, 0.25) is 5.90 Å². The van der Waals surface area contributed by atoms with E-state index in [4.69, 9.17) is 9.57 Å². The van der Waals surface area contributed by atoms with Crippen LogP contribution in [0.2, 0.25) is 0 Å². The van der Waals surface area contributed by atoms with Crippen LogP contribution in [0.1, 0.15) is 34.0 Å². The molecule has 1 aromatic heterocycles. The molecule has 0 spiro atoms. The molecule has 0 fully saturated rings. The van der Waals surface area contributed by atoms with Gasteiger partial charge in [0, 0.05) is 18.4 Å². The highest BCUT2D eigenvalue weighted by molar-refractivity contribution is 7.90. The van der Waals surface area contributed by atoms with Crippen LogP contribution in [0.25, 0.3) is 0 Å². The number of sulfone groups is 1. The summed E-state index contributed by atoms with van der Waals surface area (Å²) in [6, 6.07) is 19.7. The zero-order valence-corrected chi connectivity index (χ0v) is 18.1. The van der Waals surface area contributed by atoms with E-state index in [0.29, 0.717) is 30.2 Å². The number of pyridine rings is 1. The molecule has 8 nitrogen and oxygen atoms in total. The van der Waals surface area contributed by atoms with Crippen molar-refractivity contribution in [1.82, 2.24) is 10.3 Å². The summed E-state index contributed by atoms with van der Waals surface area (Å²) < 4.78 is 28.6. The van der Waals surface area contributed by atoms with Crippen LogP contribution in [0.3, 0.4) is 0 Å². The van der Waals surface area contributed by atoms with Crippen molar-refractivity contribution >= 4 is 21.6 Å². The topological polar surface area (TPSA) is 107 Å². The number of carbonyl (C=O) groups is 1. The maximum absolute atomic E-state index is 12.4. The molecule has 164 valence electrons. The number of rotatable bonds is 6. The van der Waals surface area contributed by atoms with Gasteiger partial charge in [0.1, 0.15) is 5.75 Å². The highest BCUT2D eigenvalue weighted by Gasteiger charge is 2.25. The summed E-state index contributed by atoms with van der Waals surface area (Å²) in [4.78, 5) is 21.7. The second kappa shape index (κ2) is 9.19. The molecule has 1 aliphatic heterocycles. The van der Waals surface area contributed by atoms with Gasteiger partial charge in [-0.15, -0.1) is 0 Å². The minimum Gasteiger partial charge on any atom is -0.438 e. The minimum absolute atomic E-state index is 0.0276. The summed E-state index contributed by atoms with van der Waals surface area (Å²) in [7, 11) is -3.37. The summed E-state index contributed by atoms with van der Waals surface area (Å²) >= 11 is 0. The predicted molar refractivity (Wildman–Crippen MR) is 118 cm³/mol. The van der Waals surface area contributed by atoms with Crippen molar-refractivity contribution in [3.8, 4) is 5.75 Å². The van der Waals surface area contributed by atoms with E-state index in [0.717, 1.165) is 17.4 Å². The lowest BCUT2D eigenvalue weighted by Gasteiger charge is -2.10. The van der Waals surface area contributed by atoms with Gasteiger partial charge in [-0.1, -0.05) is 47.6 Å². The third-order valence-corrected chi connectivity index (χ3v) is 5.81. The lowest BCUT2D eigenvalue weighted by Crippen LogP contribution is -2.22. The Balaban J connectivity index is 1.31. The number of aromatic nitrogens is 1. The minimum atomic E-state index is -3.37. The predicted octanol–water partition coefficient (Wildman–Crippen LogP) is 3.27. The summed E-state index contributed by atoms with van der Waals surface area (Å²) in [5.41, 5.74) is 2.44. The molecule has 32 heavy (non-hydrogen) atoms. The van der Waals surface area contributed by atoms with Gasteiger partial charge >= 0.3 is 0 Å². The summed E-state index contributed by atoms with van der Waals surface area (Å²) in [6.07, 6.45) is 2.48. The smallest absolute Gasteiger partial charge is 0.251 e. The fourth-order valence-corrected chi connectivity index (χ4v) is 3.67. The van der Waals surface area contributed by atoms with Crippen LogP contribution >= 0.6 is 0 Å². The number of hydrogen-bond acceptors (Lipinski definition) is 7. The lowest BCUT2D eigenvalue weighted by molar-refractivity contribution is 0.0854. The molecule has 4 rings (SSSR count). The average Bonchev–Trinajstić information content (AvgIpc) is 3.26. The molecule has 2 heterocycles. The zero-order chi connectivity index (χ0) is 22.6. The number of amides is 1. The van der Waals surface area contributed by atoms with E-state index >= 15 is 0 Å². The summed E-state index contributed by atoms with van der Waals surface area (Å²) in [5.74, 6) is 0.567. The molecule has 1 N–H and O–H groups in total. The van der Waals surface area contributed by atoms with Crippen molar-refractivity contribution in [3.63, 3.8) is 0 Å². The van der Waals surface area contributed by atoms with Gasteiger partial charge in [0.25, 0.3) is 5.91 Å². The van der Waals surface area contributed by atoms with Crippen LogP contribution in [0.5, 0.6) is 5.75 Å². The highest BCUT2D eigenvalue weighted by Crippen LogP contribution is 2.28. The fraction of sp³-hybridized carbons (Fsp3) is 0.174. The third-order valence-electron chi connectivity index (χ3n) is 4.81. The first-order chi connectivity index (χ1) is 15.4. The van der Waals surface area contributed by atoms with Gasteiger partial charge in [-0.3, -0.25) is 4.79 Å². The summed E-state index contributed by atoms with van der Waals surface area (Å²) in [5, 5.41) is 6.82. The average molecular weight is 452 g/mol. The number of carbonyl (C=O) groups excluding carboxylic acids is 1. The second-order valence-electron chi connectivity index (χ2n) is 7.28. The molecule has 0 saturated heterocycles. The molecule has 1 aliphatic rings. The van der Waals surface area contributed by atoms with E-state index < -0.39 is 9.84 Å². The van der Waals surface area contributed by atoms with E-state index in [1.807, 2.05) is 42.5 Å². The van der Waals surface area contributed by atoms with E-state index in [-0.39, 0.29) is 17.0 Å². The Labute approximate surface area is 185 Å². The Morgan fingerprint density at radius 3 is 2.50 bits per heavy atom. The Kier molecular flexibility index (Phi) is 6.18. The van der Waals surface area contributed by atoms with Crippen molar-refractivity contribution in [2.75, 3.05) is 6.26 Å². The highest BCUT2D eigenvalue weighted by atomic mass is 32.2. The Hall–Kier alpha value is -3.72. The maximum Gasteiger partial charge on any atom is 0.251 e. The normalized spacial score (nSPS) is 15.5. The number of nitrogens with zero attached hydrogens (tertiary/aromatic N) is 2. The largest absolute Gasteiger partial charge is 0.438 e. The number of oxime groups is 1. The molecular formula is C23H21N3O5S. The van der Waals surface area contributed by atoms with Crippen LogP contribution in [-0.4, -0.2) is 31.5 Å². The maximum atomic E-state index is 12.4. The molecule has 0 aliphatic carbocycles. The van der Waals surface area contributed by atoms with Crippen LogP contribution < -0.4 is 10.1 Å². The molecule has 0 unspecified atom stereocenters. The Bertz CT molecular complexity index is 1220. The molecule has 0 saturated carbocycles. The van der Waals surface area contributed by atoms with Gasteiger partial charge in [0.05, 0.1) is 12.6 Å². The van der Waals surface area contributed by atoms with Crippen molar-refractivity contribution in [2.45, 2.75) is 24.1 Å². The van der Waals surface area contributed by atoms with E-state index in [9.17, 15) is 13.2 Å². The SMILES string of the molecule is CS(=O)(=O)c1ccc(OC2=NO[C@@H](c3ccc(C(=O)NCc4ccccc4)cc3)C2)cn1. The van der Waals surface area contributed by atoms with Crippen LogP contribution in [0, 0.1) is 0 Å². The van der Waals surface area contributed by atoms with Gasteiger partial charge in [-0.05, 0) is 35.4 Å². The van der Waals surface area contributed by atoms with Gasteiger partial charge in [0.15, 0.2) is 21.0 Å². The van der Waals surface area contributed by atoms with Crippen molar-refractivity contribution in [1.29, 1.82) is 0 Å². The van der Waals surface area contributed by atoms with Crippen molar-refractivity contribution in [2.24, 2.45) is 5.16 Å². The fourth-order valence-electron chi connectivity index (χ4n) is 3.11. The van der Waals surface area contributed by atoms with Gasteiger partial charge in [-0.25, -0.2) is 13.4 Å². The lowest BCUT2D eigenvalue weighted by atomic mass is 10.0. The van der Waals surface area contributed by atoms with Gasteiger partial charge in [-0.2, -0.15) is 0 Å². The number of ether oxygens (including phenoxy) is 1. The first kappa shape index (κ1) is 21.5. The molecule has 0 radical (unpaired) electrons. The third kappa shape index (κ3) is 5.30. The van der Waals surface area contributed by atoms with Crippen LogP contribution in [0.15, 0.2) is 83.1 Å². The first-order valence-corrected chi connectivity index (χ1v) is 11.8. The summed E-state index contributed by atoms with van der Waals surface area (Å²) in [6.45, 7) is 0.460. The molecule has 1 atom stereocenters. The first-order valence-electron chi connectivity index (χ1n) is 9.87. The Morgan fingerprint density at radius 2 is 1.84 bits per heavy atom. The second-order valence-corrected chi connectivity index (χ2v) is 9.24.